The number of carboxylic acids is 1. The molecule has 3 atom stereocenters. The molecule has 1 aliphatic carbocycles. The molecular weight excluding hydrogens is 397 g/mol. The fourth-order valence-electron chi connectivity index (χ4n) is 2.18. The number of aliphatic carboxylic acids is 1. The molecule has 0 spiro atoms. The van der Waals surface area contributed by atoms with Gasteiger partial charge in [0, 0.05) is 6.42 Å². The van der Waals surface area contributed by atoms with E-state index in [9.17, 15) is 18.5 Å². The Labute approximate surface area is 135 Å². The highest BCUT2D eigenvalue weighted by molar-refractivity contribution is 8.20. The normalized spacial score (nSPS) is 21.7. The number of phosphoric acid groups is 1. The zero-order chi connectivity index (χ0) is 18.6. The lowest BCUT2D eigenvalue weighted by Gasteiger charge is -2.32. The molecule has 0 amide bonds. The van der Waals surface area contributed by atoms with Crippen LogP contribution < -0.4 is 0 Å². The van der Waals surface area contributed by atoms with E-state index in [1.165, 1.54) is 0 Å². The van der Waals surface area contributed by atoms with E-state index < -0.39 is 59.8 Å². The van der Waals surface area contributed by atoms with Crippen LogP contribution in [0.4, 0.5) is 0 Å². The van der Waals surface area contributed by atoms with Crippen LogP contribution in [0.5, 0.6) is 0 Å². The van der Waals surface area contributed by atoms with E-state index >= 15 is 0 Å². The Bertz CT molecular complexity index is 568. The summed E-state index contributed by atoms with van der Waals surface area (Å²) in [7, 11) is -13.7. The number of rotatable bonds is 12. The third-order valence-corrected chi connectivity index (χ3v) is 7.10. The van der Waals surface area contributed by atoms with Gasteiger partial charge >= 0.3 is 28.8 Å². The first-order valence-corrected chi connectivity index (χ1v) is 11.7. The van der Waals surface area contributed by atoms with Gasteiger partial charge in [0.25, 0.3) is 0 Å². The topological polar surface area (TPSA) is 206 Å². The minimum Gasteiger partial charge on any atom is -0.481 e. The van der Waals surface area contributed by atoms with E-state index in [1.54, 1.807) is 0 Å². The second-order valence-corrected chi connectivity index (χ2v) is 10.9. The van der Waals surface area contributed by atoms with E-state index in [2.05, 4.69) is 18.8 Å². The molecule has 1 rings (SSSR count). The summed E-state index contributed by atoms with van der Waals surface area (Å²) in [6.07, 6.45) is -0.360. The Morgan fingerprint density at radius 2 is 1.88 bits per heavy atom. The molecule has 0 bridgehead atoms. The summed E-state index contributed by atoms with van der Waals surface area (Å²) in [4.78, 5) is 37.9. The fourth-order valence-corrected chi connectivity index (χ4v) is 4.49. The summed E-state index contributed by atoms with van der Waals surface area (Å²) in [5.41, 5.74) is -1.82. The van der Waals surface area contributed by atoms with Crippen molar-refractivity contribution in [3.8, 4) is 0 Å². The predicted octanol–water partition coefficient (Wildman–Crippen LogP) is 1.12. The quantitative estimate of drug-likeness (QED) is 0.173. The standard InChI is InChI=1S/C8H17O13P3/c9-7(10)5-8(6-1-2-6,19-23(14,15)16)3-4-18-24(17,21-20-11)22(12)13/h6,11,22H,1-5H2,(H,9,10)(H,12,13)(H2,14,15,16). The highest BCUT2D eigenvalue weighted by Gasteiger charge is 2.51. The van der Waals surface area contributed by atoms with Gasteiger partial charge in [0.2, 0.25) is 0 Å². The van der Waals surface area contributed by atoms with Crippen LogP contribution in [0.1, 0.15) is 25.7 Å². The van der Waals surface area contributed by atoms with E-state index in [1.807, 2.05) is 0 Å². The summed E-state index contributed by atoms with van der Waals surface area (Å²) in [6.45, 7) is -0.707. The van der Waals surface area contributed by atoms with Gasteiger partial charge in [-0.3, -0.25) is 13.9 Å². The maximum Gasteiger partial charge on any atom is 0.470 e. The molecule has 16 heteroatoms. The van der Waals surface area contributed by atoms with Crippen molar-refractivity contribution < 1.29 is 62.3 Å². The molecule has 0 heterocycles. The first-order chi connectivity index (χ1) is 10.9. The maximum atomic E-state index is 11.7. The second-order valence-electron chi connectivity index (χ2n) is 5.00. The van der Waals surface area contributed by atoms with Gasteiger partial charge in [0.1, 0.15) is 0 Å². The number of hydrogen-bond acceptors (Lipinski definition) is 9. The van der Waals surface area contributed by atoms with E-state index in [-0.39, 0.29) is 0 Å². The number of phosphoric ester groups is 1. The van der Waals surface area contributed by atoms with Crippen molar-refractivity contribution in [1.82, 2.24) is 0 Å². The molecule has 142 valence electrons. The molecule has 13 nitrogen and oxygen atoms in total. The van der Waals surface area contributed by atoms with Crippen molar-refractivity contribution in [2.75, 3.05) is 6.61 Å². The highest BCUT2D eigenvalue weighted by atomic mass is 32.1. The van der Waals surface area contributed by atoms with Crippen molar-refractivity contribution >= 4 is 28.8 Å². The van der Waals surface area contributed by atoms with Crippen LogP contribution in [0.2, 0.25) is 0 Å². The van der Waals surface area contributed by atoms with Crippen molar-refractivity contribution in [3.05, 3.63) is 0 Å². The smallest absolute Gasteiger partial charge is 0.470 e. The Balaban J connectivity index is 2.89. The maximum absolute atomic E-state index is 11.7. The van der Waals surface area contributed by atoms with Gasteiger partial charge in [-0.1, -0.05) is 5.04 Å². The average molecular weight is 414 g/mol. The van der Waals surface area contributed by atoms with Crippen molar-refractivity contribution in [2.24, 2.45) is 5.92 Å². The minimum atomic E-state index is -5.06. The molecule has 5 N–H and O–H groups in total. The van der Waals surface area contributed by atoms with Gasteiger partial charge in [0.05, 0.1) is 18.6 Å². The molecule has 0 aromatic heterocycles. The number of carboxylic acid groups (broad SMARTS) is 1. The van der Waals surface area contributed by atoms with Crippen molar-refractivity contribution in [2.45, 2.75) is 31.3 Å². The summed E-state index contributed by atoms with van der Waals surface area (Å²) >= 11 is 0. The molecule has 1 saturated carbocycles. The summed E-state index contributed by atoms with van der Waals surface area (Å²) in [5, 5.41) is 20.1. The van der Waals surface area contributed by atoms with Gasteiger partial charge in [0.15, 0.2) is 0 Å². The Morgan fingerprint density at radius 1 is 1.29 bits per heavy atom. The molecule has 1 aliphatic rings. The summed E-state index contributed by atoms with van der Waals surface area (Å²) in [5.74, 6) is -1.89. The molecule has 0 saturated heterocycles. The zero-order valence-electron chi connectivity index (χ0n) is 12.0. The van der Waals surface area contributed by atoms with Gasteiger partial charge in [-0.15, -0.1) is 4.67 Å². The van der Waals surface area contributed by atoms with Crippen LogP contribution in [-0.2, 0) is 37.2 Å². The lowest BCUT2D eigenvalue weighted by Crippen LogP contribution is -2.38. The van der Waals surface area contributed by atoms with Crippen LogP contribution in [0.15, 0.2) is 0 Å². The first kappa shape index (κ1) is 21.9. The zero-order valence-corrected chi connectivity index (χ0v) is 14.8. The average Bonchev–Trinajstić information content (AvgIpc) is 3.20. The van der Waals surface area contributed by atoms with Gasteiger partial charge < -0.3 is 24.3 Å². The lowest BCUT2D eigenvalue weighted by molar-refractivity contribution is -0.441. The molecule has 0 aliphatic heterocycles. The Kier molecular flexibility index (Phi) is 7.73. The molecule has 0 aromatic rings. The minimum absolute atomic E-state index is 0.442. The first-order valence-electron chi connectivity index (χ1n) is 6.40. The molecule has 24 heavy (non-hydrogen) atoms. The van der Waals surface area contributed by atoms with Crippen molar-refractivity contribution in [3.63, 3.8) is 0 Å². The molecule has 3 unspecified atom stereocenters. The third-order valence-electron chi connectivity index (χ3n) is 3.22. The lowest BCUT2D eigenvalue weighted by atomic mass is 9.90. The van der Waals surface area contributed by atoms with E-state index in [0.29, 0.717) is 12.8 Å². The van der Waals surface area contributed by atoms with Crippen LogP contribution in [0.25, 0.3) is 0 Å². The fraction of sp³-hybridized carbons (Fsp3) is 0.875. The number of carbonyl (C=O) groups is 1. The SMILES string of the molecule is O=C(O)CC(CCOP(=O)(OOO)[PH](=O)O)(OP(=O)(O)O)C1CC1. The molecular formula is C8H17O13P3. The molecule has 0 aromatic carbocycles. The third kappa shape index (κ3) is 6.62. The summed E-state index contributed by atoms with van der Waals surface area (Å²) < 4.78 is 46.8. The summed E-state index contributed by atoms with van der Waals surface area (Å²) in [6, 6.07) is 0. The highest BCUT2D eigenvalue weighted by Crippen LogP contribution is 2.68. The van der Waals surface area contributed by atoms with Crippen LogP contribution in [0, 0.1) is 5.92 Å². The predicted molar refractivity (Wildman–Crippen MR) is 75.0 cm³/mol. The van der Waals surface area contributed by atoms with Crippen molar-refractivity contribution in [1.29, 1.82) is 0 Å². The van der Waals surface area contributed by atoms with E-state index in [0.717, 1.165) is 0 Å². The van der Waals surface area contributed by atoms with Crippen LogP contribution >= 0.6 is 22.8 Å². The van der Waals surface area contributed by atoms with Gasteiger partial charge in [-0.25, -0.2) is 14.4 Å². The Hall–Kier alpha value is -0.160. The van der Waals surface area contributed by atoms with Crippen LogP contribution in [0.3, 0.4) is 0 Å². The monoisotopic (exact) mass is 414 g/mol. The number of hydrogen-bond donors (Lipinski definition) is 5. The van der Waals surface area contributed by atoms with Gasteiger partial charge in [-0.2, -0.15) is 0 Å². The molecule has 1 fully saturated rings. The van der Waals surface area contributed by atoms with Crippen LogP contribution in [-0.4, -0.2) is 43.2 Å². The van der Waals surface area contributed by atoms with Gasteiger partial charge in [-0.05, 0) is 18.8 Å². The Morgan fingerprint density at radius 3 is 2.25 bits per heavy atom. The largest absolute Gasteiger partial charge is 0.481 e. The second kappa shape index (κ2) is 8.48. The van der Waals surface area contributed by atoms with E-state index in [4.69, 9.17) is 25.0 Å². The molecule has 0 radical (unpaired) electrons.